The van der Waals surface area contributed by atoms with Gasteiger partial charge in [0.2, 0.25) is 0 Å². The Morgan fingerprint density at radius 2 is 1.30 bits per heavy atom. The summed E-state index contributed by atoms with van der Waals surface area (Å²) in [7, 11) is 0. The largest absolute Gasteiger partial charge is 0.459 e. The van der Waals surface area contributed by atoms with Crippen molar-refractivity contribution in [2.75, 3.05) is 0 Å². The highest BCUT2D eigenvalue weighted by Crippen LogP contribution is 2.56. The Labute approximate surface area is 207 Å². The van der Waals surface area contributed by atoms with E-state index in [2.05, 4.69) is 59.9 Å². The minimum absolute atomic E-state index is 0.0175. The van der Waals surface area contributed by atoms with E-state index in [0.29, 0.717) is 12.3 Å². The first kappa shape index (κ1) is 30.0. The number of hydrogen-bond donors (Lipinski definition) is 0. The average molecular weight is 461 g/mol. The Morgan fingerprint density at radius 1 is 0.848 bits per heavy atom. The summed E-state index contributed by atoms with van der Waals surface area (Å²) >= 11 is 0. The average Bonchev–Trinajstić information content (AvgIpc) is 2.78. The van der Waals surface area contributed by atoms with Gasteiger partial charge in [0.15, 0.2) is 0 Å². The van der Waals surface area contributed by atoms with Crippen molar-refractivity contribution in [1.29, 1.82) is 0 Å². The number of allylic oxidation sites excluding steroid dienone is 2. The minimum Gasteiger partial charge on any atom is -0.459 e. The molecule has 0 aliphatic heterocycles. The molecule has 2 heteroatoms. The van der Waals surface area contributed by atoms with Crippen molar-refractivity contribution in [2.45, 2.75) is 149 Å². The monoisotopic (exact) mass is 460 g/mol. The second-order valence-electron chi connectivity index (χ2n) is 11.8. The van der Waals surface area contributed by atoms with E-state index in [-0.39, 0.29) is 16.8 Å². The van der Waals surface area contributed by atoms with Crippen LogP contribution in [0, 0.1) is 16.7 Å². The molecule has 0 bridgehead atoms. The lowest BCUT2D eigenvalue weighted by Gasteiger charge is -2.52. The van der Waals surface area contributed by atoms with Gasteiger partial charge in [-0.25, -0.2) is 0 Å². The van der Waals surface area contributed by atoms with Gasteiger partial charge >= 0.3 is 5.97 Å². The summed E-state index contributed by atoms with van der Waals surface area (Å²) < 4.78 is 6.02. The molecule has 0 radical (unpaired) electrons. The third-order valence-corrected chi connectivity index (χ3v) is 8.73. The fourth-order valence-electron chi connectivity index (χ4n) is 5.57. The summed E-state index contributed by atoms with van der Waals surface area (Å²) in [4.78, 5) is 12.6. The van der Waals surface area contributed by atoms with Crippen LogP contribution in [0.3, 0.4) is 0 Å². The van der Waals surface area contributed by atoms with Gasteiger partial charge in [0, 0.05) is 6.42 Å². The second kappa shape index (κ2) is 15.0. The zero-order chi connectivity index (χ0) is 24.8. The Balaban J connectivity index is 2.19. The number of carbonyl (C=O) groups is 1. The molecule has 0 unspecified atom stereocenters. The van der Waals surface area contributed by atoms with Gasteiger partial charge in [-0.3, -0.25) is 4.79 Å². The highest BCUT2D eigenvalue weighted by molar-refractivity contribution is 5.69. The lowest BCUT2D eigenvalue weighted by molar-refractivity contribution is -0.166. The molecule has 33 heavy (non-hydrogen) atoms. The molecule has 1 aliphatic rings. The highest BCUT2D eigenvalue weighted by atomic mass is 16.6. The molecule has 1 fully saturated rings. The first-order chi connectivity index (χ1) is 15.6. The summed E-state index contributed by atoms with van der Waals surface area (Å²) in [6, 6.07) is 0. The van der Waals surface area contributed by atoms with Crippen LogP contribution < -0.4 is 0 Å². The fourth-order valence-corrected chi connectivity index (χ4v) is 5.57. The smallest absolute Gasteiger partial charge is 0.306 e. The van der Waals surface area contributed by atoms with Crippen molar-refractivity contribution < 1.29 is 9.53 Å². The van der Waals surface area contributed by atoms with E-state index < -0.39 is 5.60 Å². The molecular weight excluding hydrogens is 404 g/mol. The quantitative estimate of drug-likeness (QED) is 0.115. The molecule has 0 spiro atoms. The van der Waals surface area contributed by atoms with E-state index in [0.717, 1.165) is 32.1 Å². The highest BCUT2D eigenvalue weighted by Gasteiger charge is 2.49. The van der Waals surface area contributed by atoms with Gasteiger partial charge in [-0.2, -0.15) is 0 Å². The molecule has 0 amide bonds. The maximum atomic E-state index is 12.6. The molecule has 2 nitrogen and oxygen atoms in total. The number of esters is 1. The molecular formula is C31H56O2. The molecule has 0 aromatic rings. The topological polar surface area (TPSA) is 26.3 Å². The maximum Gasteiger partial charge on any atom is 0.306 e. The fraction of sp³-hybridized carbons (Fsp3) is 0.839. The molecule has 0 aromatic carbocycles. The standard InChI is InChI=1S/C31H56O2/c1-8-11-12-13-14-15-16-17-18-19-20-21-22-23-28(32)33-29(4,5)27-24-25-30(6,9-2)31(7,10-3)26-27/h9-10,27H,2-3,8,11-26H2,1,4-7H3/t27-,30-,31-/m1/s1. The predicted molar refractivity (Wildman–Crippen MR) is 144 cm³/mol. The van der Waals surface area contributed by atoms with Crippen LogP contribution in [0.5, 0.6) is 0 Å². The van der Waals surface area contributed by atoms with Gasteiger partial charge in [0.25, 0.3) is 0 Å². The SMILES string of the molecule is C=C[C@]1(C)CC[C@@H](C(C)(C)OC(=O)CCCCCCCCCCCCCCC)C[C@@]1(C)C=C. The second-order valence-corrected chi connectivity index (χ2v) is 11.8. The van der Waals surface area contributed by atoms with Crippen LogP contribution in [0.4, 0.5) is 0 Å². The van der Waals surface area contributed by atoms with Crippen LogP contribution in [0.15, 0.2) is 25.3 Å². The van der Waals surface area contributed by atoms with Crippen molar-refractivity contribution in [3.63, 3.8) is 0 Å². The summed E-state index contributed by atoms with van der Waals surface area (Å²) in [5.41, 5.74) is -0.392. The van der Waals surface area contributed by atoms with E-state index in [9.17, 15) is 4.79 Å². The minimum atomic E-state index is -0.430. The number of carbonyl (C=O) groups excluding carboxylic acids is 1. The van der Waals surface area contributed by atoms with Crippen LogP contribution in [-0.4, -0.2) is 11.6 Å². The third kappa shape index (κ3) is 9.99. The van der Waals surface area contributed by atoms with Crippen molar-refractivity contribution in [3.05, 3.63) is 25.3 Å². The van der Waals surface area contributed by atoms with Gasteiger partial charge in [-0.05, 0) is 56.3 Å². The van der Waals surface area contributed by atoms with E-state index in [4.69, 9.17) is 4.74 Å². The molecule has 1 aliphatic carbocycles. The molecule has 0 saturated heterocycles. The maximum absolute atomic E-state index is 12.6. The van der Waals surface area contributed by atoms with E-state index in [1.54, 1.807) is 0 Å². The van der Waals surface area contributed by atoms with Gasteiger partial charge in [0.1, 0.15) is 5.60 Å². The summed E-state index contributed by atoms with van der Waals surface area (Å²) in [6.07, 6.45) is 25.0. The van der Waals surface area contributed by atoms with Gasteiger partial charge in [-0.15, -0.1) is 13.2 Å². The lowest BCUT2D eigenvalue weighted by Crippen LogP contribution is -2.47. The van der Waals surface area contributed by atoms with Crippen molar-refractivity contribution in [3.8, 4) is 0 Å². The van der Waals surface area contributed by atoms with Crippen LogP contribution in [-0.2, 0) is 9.53 Å². The third-order valence-electron chi connectivity index (χ3n) is 8.73. The first-order valence-corrected chi connectivity index (χ1v) is 14.1. The number of ether oxygens (including phenoxy) is 1. The van der Waals surface area contributed by atoms with Gasteiger partial charge < -0.3 is 4.74 Å². The molecule has 1 rings (SSSR count). The zero-order valence-corrected chi connectivity index (χ0v) is 23.0. The molecule has 0 heterocycles. The predicted octanol–water partition coefficient (Wildman–Crippen LogP) is 9.97. The summed E-state index contributed by atoms with van der Waals surface area (Å²) in [5.74, 6) is 0.324. The molecule has 0 aromatic heterocycles. The summed E-state index contributed by atoms with van der Waals surface area (Å²) in [6.45, 7) is 19.2. The van der Waals surface area contributed by atoms with Gasteiger partial charge in [0.05, 0.1) is 0 Å². The van der Waals surface area contributed by atoms with Crippen molar-refractivity contribution in [2.24, 2.45) is 16.7 Å². The van der Waals surface area contributed by atoms with Crippen LogP contribution in [0.2, 0.25) is 0 Å². The first-order valence-electron chi connectivity index (χ1n) is 14.1. The van der Waals surface area contributed by atoms with E-state index >= 15 is 0 Å². The zero-order valence-electron chi connectivity index (χ0n) is 23.0. The molecule has 1 saturated carbocycles. The lowest BCUT2D eigenvalue weighted by atomic mass is 9.53. The van der Waals surface area contributed by atoms with Crippen LogP contribution in [0.1, 0.15) is 144 Å². The Morgan fingerprint density at radius 3 is 1.76 bits per heavy atom. The van der Waals surface area contributed by atoms with Crippen LogP contribution >= 0.6 is 0 Å². The normalized spacial score (nSPS) is 25.5. The van der Waals surface area contributed by atoms with E-state index in [1.807, 2.05) is 0 Å². The Hall–Kier alpha value is -1.05. The Kier molecular flexibility index (Phi) is 13.7. The van der Waals surface area contributed by atoms with Crippen LogP contribution in [0.25, 0.3) is 0 Å². The summed E-state index contributed by atoms with van der Waals surface area (Å²) in [5, 5.41) is 0. The molecule has 192 valence electrons. The Bertz CT molecular complexity index is 577. The molecule has 3 atom stereocenters. The van der Waals surface area contributed by atoms with Crippen molar-refractivity contribution >= 4 is 5.97 Å². The van der Waals surface area contributed by atoms with Gasteiger partial charge in [-0.1, -0.05) is 110 Å². The number of rotatable bonds is 18. The number of hydrogen-bond acceptors (Lipinski definition) is 2. The molecule has 0 N–H and O–H groups in total. The van der Waals surface area contributed by atoms with Crippen molar-refractivity contribution in [1.82, 2.24) is 0 Å². The number of unbranched alkanes of at least 4 members (excludes halogenated alkanes) is 12. The van der Waals surface area contributed by atoms with E-state index in [1.165, 1.54) is 70.6 Å².